The first-order chi connectivity index (χ1) is 24.2. The second-order valence-corrected chi connectivity index (χ2v) is 15.8. The molecule has 1 amide bonds. The van der Waals surface area contributed by atoms with Gasteiger partial charge in [-0.15, -0.1) is 0 Å². The summed E-state index contributed by atoms with van der Waals surface area (Å²) in [7, 11) is -0.445. The summed E-state index contributed by atoms with van der Waals surface area (Å²) in [5.41, 5.74) is 3.20. The summed E-state index contributed by atoms with van der Waals surface area (Å²) in [6, 6.07) is 9.53. The number of halogens is 1. The maximum absolute atomic E-state index is 12.5. The second kappa shape index (κ2) is 16.0. The lowest BCUT2D eigenvalue weighted by atomic mass is 9.99. The summed E-state index contributed by atoms with van der Waals surface area (Å²) in [4.78, 5) is 28.3. The van der Waals surface area contributed by atoms with E-state index in [1.165, 1.54) is 13.3 Å². The van der Waals surface area contributed by atoms with E-state index in [0.717, 1.165) is 62.9 Å². The Morgan fingerprint density at radius 1 is 0.961 bits per heavy atom. The Balaban J connectivity index is 1.26. The molecule has 2 fully saturated rings. The number of carbonyl (C=O) groups is 1. The molecule has 2 saturated heterocycles. The Morgan fingerprint density at radius 3 is 2.27 bits per heavy atom. The van der Waals surface area contributed by atoms with Gasteiger partial charge in [0.2, 0.25) is 16.0 Å². The van der Waals surface area contributed by atoms with Gasteiger partial charge in [0.1, 0.15) is 22.1 Å². The molecule has 5 rings (SSSR count). The summed E-state index contributed by atoms with van der Waals surface area (Å²) < 4.78 is 43.2. The van der Waals surface area contributed by atoms with Crippen LogP contribution in [0.15, 0.2) is 36.5 Å². The van der Waals surface area contributed by atoms with Gasteiger partial charge < -0.3 is 34.6 Å². The molecule has 3 aromatic rings. The quantitative estimate of drug-likeness (QED) is 0.209. The molecule has 0 saturated carbocycles. The van der Waals surface area contributed by atoms with Gasteiger partial charge in [-0.2, -0.15) is 4.98 Å². The molecule has 3 heterocycles. The number of rotatable bonds is 11. The van der Waals surface area contributed by atoms with Crippen molar-refractivity contribution in [2.45, 2.75) is 58.6 Å². The van der Waals surface area contributed by atoms with Crippen LogP contribution in [0.4, 0.5) is 39.3 Å². The van der Waals surface area contributed by atoms with E-state index < -0.39 is 15.6 Å². The summed E-state index contributed by atoms with van der Waals surface area (Å²) >= 11 is 6.47. The maximum Gasteiger partial charge on any atom is 0.410 e. The first-order valence-electron chi connectivity index (χ1n) is 17.1. The van der Waals surface area contributed by atoms with Gasteiger partial charge >= 0.3 is 6.09 Å². The number of amides is 1. The van der Waals surface area contributed by atoms with Crippen LogP contribution in [0.1, 0.15) is 46.1 Å². The monoisotopic (exact) mass is 744 g/mol. The van der Waals surface area contributed by atoms with Crippen molar-refractivity contribution in [2.24, 2.45) is 0 Å². The van der Waals surface area contributed by atoms with Crippen LogP contribution in [0.2, 0.25) is 5.02 Å². The topological polar surface area (TPSA) is 150 Å². The molecule has 3 N–H and O–H groups in total. The van der Waals surface area contributed by atoms with Gasteiger partial charge in [-0.1, -0.05) is 18.5 Å². The van der Waals surface area contributed by atoms with E-state index in [1.54, 1.807) is 25.3 Å². The van der Waals surface area contributed by atoms with E-state index in [-0.39, 0.29) is 28.6 Å². The van der Waals surface area contributed by atoms with E-state index in [4.69, 9.17) is 25.8 Å². The fourth-order valence-electron chi connectivity index (χ4n) is 6.33. The van der Waals surface area contributed by atoms with Crippen molar-refractivity contribution in [3.05, 3.63) is 47.1 Å². The summed E-state index contributed by atoms with van der Waals surface area (Å²) in [5, 5.41) is 6.65. The average Bonchev–Trinajstić information content (AvgIpc) is 3.09. The number of hydrogen-bond acceptors (Lipinski definition) is 12. The number of aromatic nitrogens is 2. The van der Waals surface area contributed by atoms with Crippen LogP contribution < -0.4 is 29.7 Å². The van der Waals surface area contributed by atoms with Crippen molar-refractivity contribution >= 4 is 62.2 Å². The van der Waals surface area contributed by atoms with Crippen molar-refractivity contribution < 1.29 is 27.4 Å². The average molecular weight is 745 g/mol. The summed E-state index contributed by atoms with van der Waals surface area (Å²) in [6.07, 6.45) is 5.17. The SMILES string of the molecule is CCc1cc(Nc2ncc(Cl)c(Nc3ccc(OC)cc3NS(C)(=O)=O)n2)c(OC)cc1N1CCC(N2CCN(C(=O)OC(C)(C)C)CC2)CC1. The van der Waals surface area contributed by atoms with Crippen LogP contribution in [0.5, 0.6) is 11.5 Å². The van der Waals surface area contributed by atoms with E-state index in [1.807, 2.05) is 25.7 Å². The highest BCUT2D eigenvalue weighted by atomic mass is 35.5. The van der Waals surface area contributed by atoms with Crippen LogP contribution in [0.25, 0.3) is 0 Å². The molecule has 0 atom stereocenters. The molecule has 1 aromatic heterocycles. The molecule has 0 aliphatic carbocycles. The predicted molar refractivity (Wildman–Crippen MR) is 202 cm³/mol. The fraction of sp³-hybridized carbons (Fsp3) is 0.514. The highest BCUT2D eigenvalue weighted by molar-refractivity contribution is 7.92. The van der Waals surface area contributed by atoms with Crippen LogP contribution in [0.3, 0.4) is 0 Å². The van der Waals surface area contributed by atoms with Gasteiger partial charge in [0, 0.05) is 63.1 Å². The van der Waals surface area contributed by atoms with Crippen molar-refractivity contribution in [2.75, 3.05) is 80.0 Å². The number of aryl methyl sites for hydroxylation is 1. The van der Waals surface area contributed by atoms with Crippen molar-refractivity contribution in [1.82, 2.24) is 19.8 Å². The molecule has 0 spiro atoms. The van der Waals surface area contributed by atoms with E-state index in [9.17, 15) is 13.2 Å². The smallest absolute Gasteiger partial charge is 0.410 e. The van der Waals surface area contributed by atoms with Crippen LogP contribution in [0, 0.1) is 0 Å². The molecular formula is C35H49ClN8O6S. The number of piperidine rings is 1. The van der Waals surface area contributed by atoms with E-state index in [2.05, 4.69) is 54.2 Å². The Bertz CT molecular complexity index is 1810. The number of benzene rings is 2. The molecule has 0 radical (unpaired) electrons. The Labute approximate surface area is 305 Å². The van der Waals surface area contributed by atoms with Crippen molar-refractivity contribution in [3.63, 3.8) is 0 Å². The maximum atomic E-state index is 12.5. The first-order valence-corrected chi connectivity index (χ1v) is 19.3. The zero-order valence-corrected chi connectivity index (χ0v) is 31.9. The molecule has 2 aromatic carbocycles. The molecule has 2 aliphatic rings. The lowest BCUT2D eigenvalue weighted by Gasteiger charge is -2.43. The Morgan fingerprint density at radius 2 is 1.67 bits per heavy atom. The first kappa shape index (κ1) is 38.0. The highest BCUT2D eigenvalue weighted by Gasteiger charge is 2.31. The third-order valence-electron chi connectivity index (χ3n) is 8.83. The van der Waals surface area contributed by atoms with Crippen molar-refractivity contribution in [3.8, 4) is 11.5 Å². The van der Waals surface area contributed by atoms with Crippen LogP contribution in [-0.2, 0) is 21.2 Å². The minimum Gasteiger partial charge on any atom is -0.497 e. The normalized spacial score (nSPS) is 16.1. The largest absolute Gasteiger partial charge is 0.497 e. The molecule has 51 heavy (non-hydrogen) atoms. The standard InChI is InChI=1S/C35H49ClN8O6S/c1-8-23-19-29(39-33-37-22-26(36)32(40-33)38-27-10-9-25(48-5)20-28(27)41-51(7,46)47)31(49-6)21-30(23)43-13-11-24(12-14-43)42-15-17-44(18-16-42)34(45)50-35(2,3)4/h9-10,19-22,24,41H,8,11-18H2,1-7H3,(H2,37,38,39,40). The second-order valence-electron chi connectivity index (χ2n) is 13.7. The lowest BCUT2D eigenvalue weighted by molar-refractivity contribution is 0.00901. The lowest BCUT2D eigenvalue weighted by Crippen LogP contribution is -2.55. The third-order valence-corrected chi connectivity index (χ3v) is 9.70. The Kier molecular flexibility index (Phi) is 11.9. The molecule has 16 heteroatoms. The number of sulfonamides is 1. The van der Waals surface area contributed by atoms with Gasteiger partial charge in [0.15, 0.2) is 5.82 Å². The molecule has 0 bridgehead atoms. The van der Waals surface area contributed by atoms with Gasteiger partial charge in [0.25, 0.3) is 0 Å². The van der Waals surface area contributed by atoms with Gasteiger partial charge in [-0.05, 0) is 63.8 Å². The Hall–Kier alpha value is -4.21. The number of carbonyl (C=O) groups excluding carboxylic acids is 1. The number of nitrogens with one attached hydrogen (secondary N) is 3. The number of anilines is 6. The number of ether oxygens (including phenoxy) is 3. The molecule has 278 valence electrons. The molecule has 0 unspecified atom stereocenters. The number of nitrogens with zero attached hydrogens (tertiary/aromatic N) is 5. The number of piperazine rings is 1. The summed E-state index contributed by atoms with van der Waals surface area (Å²) in [5.74, 6) is 1.67. The molecular weight excluding hydrogens is 696 g/mol. The minimum absolute atomic E-state index is 0.234. The van der Waals surface area contributed by atoms with Gasteiger partial charge in [-0.3, -0.25) is 9.62 Å². The van der Waals surface area contributed by atoms with Crippen LogP contribution >= 0.6 is 11.6 Å². The predicted octanol–water partition coefficient (Wildman–Crippen LogP) is 6.09. The zero-order valence-electron chi connectivity index (χ0n) is 30.4. The minimum atomic E-state index is -3.58. The zero-order chi connectivity index (χ0) is 36.9. The van der Waals surface area contributed by atoms with E-state index >= 15 is 0 Å². The molecule has 14 nitrogen and oxygen atoms in total. The van der Waals surface area contributed by atoms with Crippen molar-refractivity contribution in [1.29, 1.82) is 0 Å². The van der Waals surface area contributed by atoms with Crippen LogP contribution in [-0.4, -0.2) is 106 Å². The van der Waals surface area contributed by atoms with Gasteiger partial charge in [-0.25, -0.2) is 18.2 Å². The number of methoxy groups -OCH3 is 2. The third kappa shape index (κ3) is 9.98. The number of hydrogen-bond donors (Lipinski definition) is 3. The summed E-state index contributed by atoms with van der Waals surface area (Å²) in [6.45, 7) is 12.7. The van der Waals surface area contributed by atoms with E-state index in [0.29, 0.717) is 42.0 Å². The molecule has 2 aliphatic heterocycles. The fourth-order valence-corrected chi connectivity index (χ4v) is 7.04. The van der Waals surface area contributed by atoms with Gasteiger partial charge in [0.05, 0.1) is 43.7 Å². The highest BCUT2D eigenvalue weighted by Crippen LogP contribution is 2.38.